The van der Waals surface area contributed by atoms with Crippen LogP contribution >= 0.6 is 10.7 Å². The maximum atomic E-state index is 12.5. The molecule has 94 valence electrons. The number of hydrogen-bond acceptors (Lipinski definition) is 6. The molecule has 0 atom stereocenters. The third kappa shape index (κ3) is 2.77. The summed E-state index contributed by atoms with van der Waals surface area (Å²) in [5.41, 5.74) is 2.76. The van der Waals surface area contributed by atoms with E-state index in [1.165, 1.54) is 0 Å². The third-order valence-electron chi connectivity index (χ3n) is 1.69. The quantitative estimate of drug-likeness (QED) is 0.511. The highest BCUT2D eigenvalue weighted by atomic mass is 35.7. The first-order valence-electron chi connectivity index (χ1n) is 3.82. The molecule has 0 radical (unpaired) electrons. The van der Waals surface area contributed by atoms with Crippen LogP contribution in [-0.2, 0) is 9.05 Å². The van der Waals surface area contributed by atoms with E-state index < -0.39 is 42.5 Å². The lowest BCUT2D eigenvalue weighted by atomic mass is 10.2. The fourth-order valence-corrected chi connectivity index (χ4v) is 1.76. The van der Waals surface area contributed by atoms with Crippen molar-refractivity contribution in [2.24, 2.45) is 0 Å². The van der Waals surface area contributed by atoms with Gasteiger partial charge >= 0.3 is 5.69 Å². The fraction of sp³-hybridized carbons (Fsp3) is 0.167. The van der Waals surface area contributed by atoms with Crippen LogP contribution in [0.3, 0.4) is 0 Å². The van der Waals surface area contributed by atoms with Crippen molar-refractivity contribution in [2.45, 2.75) is 11.5 Å². The van der Waals surface area contributed by atoms with Crippen molar-refractivity contribution < 1.29 is 22.1 Å². The van der Waals surface area contributed by atoms with Crippen LogP contribution in [-0.4, -0.2) is 18.3 Å². The summed E-state index contributed by atoms with van der Waals surface area (Å²) in [5.74, 6) is -0.938. The van der Waals surface area contributed by atoms with E-state index in [0.29, 0.717) is 6.07 Å². The lowest BCUT2D eigenvalue weighted by Gasteiger charge is -2.05. The van der Waals surface area contributed by atoms with Crippen molar-refractivity contribution in [1.29, 1.82) is 0 Å². The summed E-state index contributed by atoms with van der Waals surface area (Å²) in [6, 6.07) is 0.321. The molecule has 1 heterocycles. The molecule has 1 aromatic rings. The normalized spacial score (nSPS) is 11.8. The molecular formula is C6H4ClF2N3O4S. The summed E-state index contributed by atoms with van der Waals surface area (Å²) in [5, 5.41) is 9.52. The van der Waals surface area contributed by atoms with Gasteiger partial charge in [0.15, 0.2) is 5.03 Å². The number of alkyl halides is 2. The second kappa shape index (κ2) is 4.37. The molecule has 1 rings (SSSR count). The van der Waals surface area contributed by atoms with Gasteiger partial charge in [0.2, 0.25) is 5.82 Å². The first-order valence-corrected chi connectivity index (χ1v) is 6.13. The Morgan fingerprint density at radius 3 is 2.41 bits per heavy atom. The van der Waals surface area contributed by atoms with Gasteiger partial charge in [-0.3, -0.25) is 10.1 Å². The molecule has 0 amide bonds. The summed E-state index contributed by atoms with van der Waals surface area (Å²) < 4.78 is 46.8. The van der Waals surface area contributed by atoms with Gasteiger partial charge in [-0.2, -0.15) is 0 Å². The van der Waals surface area contributed by atoms with E-state index in [-0.39, 0.29) is 0 Å². The molecule has 0 fully saturated rings. The smallest absolute Gasteiger partial charge is 0.320 e. The van der Waals surface area contributed by atoms with Gasteiger partial charge in [-0.05, 0) is 6.07 Å². The molecule has 7 nitrogen and oxygen atoms in total. The van der Waals surface area contributed by atoms with E-state index in [4.69, 9.17) is 16.4 Å². The molecule has 17 heavy (non-hydrogen) atoms. The van der Waals surface area contributed by atoms with E-state index in [1.54, 1.807) is 0 Å². The molecule has 1 aromatic heterocycles. The molecule has 0 aliphatic rings. The third-order valence-corrected chi connectivity index (χ3v) is 2.88. The zero-order valence-corrected chi connectivity index (χ0v) is 9.37. The molecule has 0 aliphatic heterocycles. The van der Waals surface area contributed by atoms with E-state index in [0.717, 1.165) is 0 Å². The van der Waals surface area contributed by atoms with Crippen LogP contribution in [0.2, 0.25) is 0 Å². The lowest BCUT2D eigenvalue weighted by Crippen LogP contribution is -2.07. The number of nitrogens with zero attached hydrogens (tertiary/aromatic N) is 2. The van der Waals surface area contributed by atoms with Crippen LogP contribution in [0.5, 0.6) is 0 Å². The highest BCUT2D eigenvalue weighted by Crippen LogP contribution is 2.34. The Kier molecular flexibility index (Phi) is 3.48. The summed E-state index contributed by atoms with van der Waals surface area (Å²) in [7, 11) is 0.480. The highest BCUT2D eigenvalue weighted by Gasteiger charge is 2.29. The van der Waals surface area contributed by atoms with E-state index in [2.05, 4.69) is 4.98 Å². The second-order valence-electron chi connectivity index (χ2n) is 2.78. The molecule has 0 bridgehead atoms. The molecule has 0 aliphatic carbocycles. The number of aromatic nitrogens is 1. The van der Waals surface area contributed by atoms with Gasteiger partial charge in [-0.25, -0.2) is 22.2 Å². The molecule has 0 aromatic carbocycles. The van der Waals surface area contributed by atoms with Crippen LogP contribution in [0.1, 0.15) is 12.0 Å². The first kappa shape index (κ1) is 13.5. The minimum atomic E-state index is -4.40. The average Bonchev–Trinajstić information content (AvgIpc) is 2.13. The summed E-state index contributed by atoms with van der Waals surface area (Å²) >= 11 is 0. The Bertz CT molecular complexity index is 577. The SMILES string of the molecule is Nc1nc(S(=O)(=O)Cl)cc(C(F)F)c1[N+](=O)[O-]. The lowest BCUT2D eigenvalue weighted by molar-refractivity contribution is -0.385. The number of rotatable bonds is 3. The molecular weight excluding hydrogens is 284 g/mol. The van der Waals surface area contributed by atoms with Gasteiger partial charge < -0.3 is 5.73 Å². The molecule has 11 heteroatoms. The van der Waals surface area contributed by atoms with Crippen molar-refractivity contribution in [1.82, 2.24) is 4.98 Å². The van der Waals surface area contributed by atoms with Crippen LogP contribution in [0.25, 0.3) is 0 Å². The second-order valence-corrected chi connectivity index (χ2v) is 5.29. The van der Waals surface area contributed by atoms with E-state index in [1.807, 2.05) is 0 Å². The Hall–Kier alpha value is -1.55. The number of nitro groups is 1. The van der Waals surface area contributed by atoms with Gasteiger partial charge in [0.05, 0.1) is 4.92 Å². The maximum absolute atomic E-state index is 12.5. The van der Waals surface area contributed by atoms with Crippen LogP contribution in [0.4, 0.5) is 20.3 Å². The van der Waals surface area contributed by atoms with Crippen molar-refractivity contribution in [3.63, 3.8) is 0 Å². The molecule has 0 unspecified atom stereocenters. The topological polar surface area (TPSA) is 116 Å². The van der Waals surface area contributed by atoms with E-state index in [9.17, 15) is 27.3 Å². The molecule has 0 saturated heterocycles. The summed E-state index contributed by atoms with van der Waals surface area (Å²) in [6.07, 6.45) is -3.28. The Labute approximate surface area is 97.8 Å². The predicted molar refractivity (Wildman–Crippen MR) is 53.3 cm³/mol. The van der Waals surface area contributed by atoms with Crippen molar-refractivity contribution in [3.05, 3.63) is 21.7 Å². The Morgan fingerprint density at radius 1 is 1.53 bits per heavy atom. The Morgan fingerprint density at radius 2 is 2.06 bits per heavy atom. The van der Waals surface area contributed by atoms with Gasteiger partial charge in [-0.1, -0.05) is 0 Å². The van der Waals surface area contributed by atoms with Crippen molar-refractivity contribution >= 4 is 31.2 Å². The minimum Gasteiger partial charge on any atom is -0.378 e. The average molecular weight is 288 g/mol. The first-order chi connectivity index (χ1) is 7.64. The summed E-state index contributed by atoms with van der Waals surface area (Å²) in [6.45, 7) is 0. The predicted octanol–water partition coefficient (Wildman–Crippen LogP) is 1.44. The molecule has 0 saturated carbocycles. The standard InChI is InChI=1S/C6H4ClF2N3O4S/c7-17(15,16)3-1-2(5(8)9)4(12(13)14)6(10)11-3/h1,5H,(H2,10,11). The molecule has 2 N–H and O–H groups in total. The van der Waals surface area contributed by atoms with E-state index >= 15 is 0 Å². The number of pyridine rings is 1. The summed E-state index contributed by atoms with van der Waals surface area (Å²) in [4.78, 5) is 12.4. The van der Waals surface area contributed by atoms with Crippen molar-refractivity contribution in [2.75, 3.05) is 5.73 Å². The highest BCUT2D eigenvalue weighted by molar-refractivity contribution is 8.13. The zero-order chi connectivity index (χ0) is 13.4. The number of halogens is 3. The molecule has 0 spiro atoms. The number of hydrogen-bond donors (Lipinski definition) is 1. The Balaban J connectivity index is 3.64. The van der Waals surface area contributed by atoms with Gasteiger partial charge in [0.25, 0.3) is 15.5 Å². The van der Waals surface area contributed by atoms with Crippen LogP contribution in [0, 0.1) is 10.1 Å². The fourth-order valence-electron chi connectivity index (χ4n) is 1.04. The van der Waals surface area contributed by atoms with Crippen LogP contribution < -0.4 is 5.73 Å². The maximum Gasteiger partial charge on any atom is 0.320 e. The van der Waals surface area contributed by atoms with Crippen molar-refractivity contribution in [3.8, 4) is 0 Å². The monoisotopic (exact) mass is 287 g/mol. The van der Waals surface area contributed by atoms with Gasteiger partial charge in [0.1, 0.15) is 5.56 Å². The van der Waals surface area contributed by atoms with Crippen LogP contribution in [0.15, 0.2) is 11.1 Å². The zero-order valence-electron chi connectivity index (χ0n) is 7.80. The number of anilines is 1. The largest absolute Gasteiger partial charge is 0.378 e. The number of nitrogen functional groups attached to an aromatic ring is 1. The van der Waals surface area contributed by atoms with Gasteiger partial charge in [-0.15, -0.1) is 0 Å². The minimum absolute atomic E-state index is 0.321. The van der Waals surface area contributed by atoms with Gasteiger partial charge in [0, 0.05) is 10.7 Å². The number of nitrogens with two attached hydrogens (primary N) is 1.